The van der Waals surface area contributed by atoms with Crippen LogP contribution in [0.3, 0.4) is 0 Å². The molecule has 0 unspecified atom stereocenters. The molecule has 11 nitrogen and oxygen atoms in total. The van der Waals surface area contributed by atoms with Crippen LogP contribution in [0.2, 0.25) is 0 Å². The molecular weight excluding hydrogens is 500 g/mol. The number of ether oxygens (including phenoxy) is 1. The first-order chi connectivity index (χ1) is 17.6. The molecule has 0 radical (unpaired) electrons. The van der Waals surface area contributed by atoms with E-state index in [0.29, 0.717) is 25.7 Å². The van der Waals surface area contributed by atoms with Gasteiger partial charge >= 0.3 is 5.97 Å². The Morgan fingerprint density at radius 3 is 2.38 bits per heavy atom. The molecule has 0 aliphatic rings. The van der Waals surface area contributed by atoms with Crippen LogP contribution in [0.15, 0.2) is 59.5 Å². The van der Waals surface area contributed by atoms with Crippen molar-refractivity contribution in [3.63, 3.8) is 0 Å². The lowest BCUT2D eigenvalue weighted by atomic mass is 9.94. The molecule has 3 N–H and O–H groups in total. The van der Waals surface area contributed by atoms with Crippen molar-refractivity contribution in [2.45, 2.75) is 43.0 Å². The van der Waals surface area contributed by atoms with Gasteiger partial charge in [-0.05, 0) is 30.9 Å². The highest BCUT2D eigenvalue weighted by Gasteiger charge is 2.29. The number of sulfonamides is 1. The van der Waals surface area contributed by atoms with Crippen molar-refractivity contribution in [3.8, 4) is 0 Å². The predicted molar refractivity (Wildman–Crippen MR) is 138 cm³/mol. The Hall–Kier alpha value is -3.35. The van der Waals surface area contributed by atoms with Crippen LogP contribution in [0.25, 0.3) is 0 Å². The lowest BCUT2D eigenvalue weighted by Crippen LogP contribution is -2.45. The number of benzene rings is 2. The number of rotatable bonds is 15. The minimum absolute atomic E-state index is 0.0563. The van der Waals surface area contributed by atoms with E-state index in [1.165, 1.54) is 25.3 Å². The number of amides is 1. The van der Waals surface area contributed by atoms with Crippen LogP contribution in [0.5, 0.6) is 0 Å². The SMILES string of the molecule is COC(=O)C[C@@H](Cc1ccccc1)C(=O)N(C)[C@H](CN)CCCCNS(=O)(=O)c1ccccc1[N+](=O)[O-]. The van der Waals surface area contributed by atoms with Crippen LogP contribution >= 0.6 is 0 Å². The lowest BCUT2D eigenvalue weighted by Gasteiger charge is -2.30. The monoisotopic (exact) mass is 534 g/mol. The van der Waals surface area contributed by atoms with E-state index < -0.39 is 32.5 Å². The number of methoxy groups -OCH3 is 1. The van der Waals surface area contributed by atoms with Crippen molar-refractivity contribution in [1.82, 2.24) is 9.62 Å². The molecule has 1 amide bonds. The van der Waals surface area contributed by atoms with Crippen LogP contribution in [0.1, 0.15) is 31.2 Å². The minimum atomic E-state index is -4.05. The van der Waals surface area contributed by atoms with E-state index in [1.54, 1.807) is 11.9 Å². The van der Waals surface area contributed by atoms with Crippen LogP contribution < -0.4 is 10.5 Å². The number of esters is 1. The van der Waals surface area contributed by atoms with Crippen LogP contribution in [0.4, 0.5) is 5.69 Å². The largest absolute Gasteiger partial charge is 0.469 e. The zero-order chi connectivity index (χ0) is 27.4. The number of nitrogens with one attached hydrogen (secondary N) is 1. The Morgan fingerprint density at radius 1 is 1.11 bits per heavy atom. The summed E-state index contributed by atoms with van der Waals surface area (Å²) in [5, 5.41) is 11.1. The zero-order valence-corrected chi connectivity index (χ0v) is 21.9. The molecule has 0 spiro atoms. The summed E-state index contributed by atoms with van der Waals surface area (Å²) in [5.74, 6) is -1.30. The Labute approximate surface area is 217 Å². The van der Waals surface area contributed by atoms with E-state index in [1.807, 2.05) is 30.3 Å². The molecule has 0 aromatic heterocycles. The van der Waals surface area contributed by atoms with Crippen molar-refractivity contribution in [2.24, 2.45) is 11.7 Å². The molecule has 2 aromatic carbocycles. The molecule has 0 aliphatic heterocycles. The van der Waals surface area contributed by atoms with Gasteiger partial charge < -0.3 is 15.4 Å². The predicted octanol–water partition coefficient (Wildman–Crippen LogP) is 2.25. The molecule has 2 rings (SSSR count). The summed E-state index contributed by atoms with van der Waals surface area (Å²) in [6.07, 6.45) is 1.83. The Bertz CT molecular complexity index is 1160. The van der Waals surface area contributed by atoms with E-state index in [4.69, 9.17) is 10.5 Å². The maximum absolute atomic E-state index is 13.3. The third-order valence-electron chi connectivity index (χ3n) is 6.09. The van der Waals surface area contributed by atoms with E-state index in [9.17, 15) is 28.1 Å². The fourth-order valence-corrected chi connectivity index (χ4v) is 5.24. The second-order valence-corrected chi connectivity index (χ2v) is 10.4. The summed E-state index contributed by atoms with van der Waals surface area (Å²) in [7, 11) is -1.13. The van der Waals surface area contributed by atoms with Crippen molar-refractivity contribution in [3.05, 3.63) is 70.3 Å². The maximum Gasteiger partial charge on any atom is 0.306 e. The molecule has 2 aromatic rings. The topological polar surface area (TPSA) is 162 Å². The first-order valence-corrected chi connectivity index (χ1v) is 13.4. The highest BCUT2D eigenvalue weighted by Crippen LogP contribution is 2.23. The number of hydrogen-bond donors (Lipinski definition) is 2. The number of carbonyl (C=O) groups excluding carboxylic acids is 2. The number of nitrogens with zero attached hydrogens (tertiary/aromatic N) is 2. The third-order valence-corrected chi connectivity index (χ3v) is 7.60. The number of carbonyl (C=O) groups is 2. The van der Waals surface area contributed by atoms with Gasteiger partial charge in [-0.2, -0.15) is 0 Å². The number of nitro benzene ring substituents is 1. The van der Waals surface area contributed by atoms with Crippen LogP contribution in [-0.2, 0) is 30.8 Å². The van der Waals surface area contributed by atoms with Gasteiger partial charge in [0, 0.05) is 32.2 Å². The van der Waals surface area contributed by atoms with Crippen molar-refractivity contribution < 1.29 is 27.7 Å². The number of para-hydroxylation sites is 1. The van der Waals surface area contributed by atoms with Gasteiger partial charge in [0.1, 0.15) is 0 Å². The Morgan fingerprint density at radius 2 is 1.76 bits per heavy atom. The smallest absolute Gasteiger partial charge is 0.306 e. The normalized spacial score (nSPS) is 12.9. The molecule has 202 valence electrons. The molecule has 0 saturated heterocycles. The van der Waals surface area contributed by atoms with Gasteiger partial charge in [0.15, 0.2) is 4.90 Å². The molecule has 12 heteroatoms. The van der Waals surface area contributed by atoms with Gasteiger partial charge in [0.2, 0.25) is 15.9 Å². The molecule has 0 bridgehead atoms. The summed E-state index contributed by atoms with van der Waals surface area (Å²) in [6, 6.07) is 14.2. The molecule has 0 fully saturated rings. The average Bonchev–Trinajstić information content (AvgIpc) is 2.90. The van der Waals surface area contributed by atoms with Crippen molar-refractivity contribution >= 4 is 27.6 Å². The highest BCUT2D eigenvalue weighted by atomic mass is 32.2. The summed E-state index contributed by atoms with van der Waals surface area (Å²) in [6.45, 7) is 0.267. The lowest BCUT2D eigenvalue weighted by molar-refractivity contribution is -0.387. The molecule has 0 heterocycles. The van der Waals surface area contributed by atoms with Crippen LogP contribution in [0, 0.1) is 16.0 Å². The number of nitro groups is 1. The maximum atomic E-state index is 13.3. The molecular formula is C25H34N4O7S. The zero-order valence-electron chi connectivity index (χ0n) is 21.0. The van der Waals surface area contributed by atoms with E-state index in [0.717, 1.165) is 11.6 Å². The quantitative estimate of drug-likeness (QED) is 0.152. The van der Waals surface area contributed by atoms with Gasteiger partial charge in [0.05, 0.1) is 24.4 Å². The van der Waals surface area contributed by atoms with Crippen LogP contribution in [-0.4, -0.2) is 63.4 Å². The van der Waals surface area contributed by atoms with Gasteiger partial charge in [-0.3, -0.25) is 19.7 Å². The summed E-state index contributed by atoms with van der Waals surface area (Å²) in [5.41, 5.74) is 6.37. The number of likely N-dealkylation sites (N-methyl/N-ethyl adjacent to an activating group) is 1. The van der Waals surface area contributed by atoms with Crippen molar-refractivity contribution in [1.29, 1.82) is 0 Å². The third kappa shape index (κ3) is 8.92. The van der Waals surface area contributed by atoms with E-state index in [-0.39, 0.29) is 36.4 Å². The summed E-state index contributed by atoms with van der Waals surface area (Å²) >= 11 is 0. The summed E-state index contributed by atoms with van der Waals surface area (Å²) < 4.78 is 32.2. The van der Waals surface area contributed by atoms with Gasteiger partial charge in [0.25, 0.3) is 5.69 Å². The highest BCUT2D eigenvalue weighted by molar-refractivity contribution is 7.89. The standard InChI is InChI=1S/C25H34N4O7S/c1-28(25(31)20(17-24(30)36-2)16-19-10-4-3-5-11-19)21(18-26)12-8-9-15-27-37(34,35)23-14-7-6-13-22(23)29(32)33/h3-7,10-11,13-14,20-21,27H,8-9,12,15-18,26H2,1-2H3/t20-,21+/m1/s1. The fraction of sp³-hybridized carbons (Fsp3) is 0.440. The number of unbranched alkanes of at least 4 members (excludes halogenated alkanes) is 1. The molecule has 0 aliphatic carbocycles. The van der Waals surface area contributed by atoms with E-state index in [2.05, 4.69) is 4.72 Å². The second kappa shape index (κ2) is 14.4. The van der Waals surface area contributed by atoms with Gasteiger partial charge in [-0.25, -0.2) is 13.1 Å². The number of nitrogens with two attached hydrogens (primary N) is 1. The van der Waals surface area contributed by atoms with Gasteiger partial charge in [-0.15, -0.1) is 0 Å². The Balaban J connectivity index is 1.94. The second-order valence-electron chi connectivity index (χ2n) is 8.62. The minimum Gasteiger partial charge on any atom is -0.469 e. The van der Waals surface area contributed by atoms with Gasteiger partial charge in [-0.1, -0.05) is 48.9 Å². The molecule has 0 saturated carbocycles. The Kier molecular flexibility index (Phi) is 11.6. The summed E-state index contributed by atoms with van der Waals surface area (Å²) in [4.78, 5) is 36.8. The molecule has 2 atom stereocenters. The number of hydrogen-bond acceptors (Lipinski definition) is 8. The van der Waals surface area contributed by atoms with E-state index >= 15 is 0 Å². The average molecular weight is 535 g/mol. The fourth-order valence-electron chi connectivity index (χ4n) is 3.99. The van der Waals surface area contributed by atoms with Crippen molar-refractivity contribution in [2.75, 3.05) is 27.2 Å². The first-order valence-electron chi connectivity index (χ1n) is 11.9. The molecule has 37 heavy (non-hydrogen) atoms. The first kappa shape index (κ1) is 29.9.